The molecule has 0 heterocycles. The molecule has 0 aliphatic heterocycles. The van der Waals surface area contributed by atoms with Gasteiger partial charge in [0.1, 0.15) is 0 Å². The predicted octanol–water partition coefficient (Wildman–Crippen LogP) is 2.20. The van der Waals surface area contributed by atoms with Crippen LogP contribution in [-0.4, -0.2) is 19.0 Å². The zero-order valence-electron chi connectivity index (χ0n) is 11.1. The number of hydrogen-bond acceptors (Lipinski definition) is 2. The summed E-state index contributed by atoms with van der Waals surface area (Å²) in [6.07, 6.45) is 9.27. The van der Waals surface area contributed by atoms with Gasteiger partial charge in [-0.15, -0.1) is 0 Å². The molecule has 1 amide bonds. The lowest BCUT2D eigenvalue weighted by Gasteiger charge is -2.35. The topological polar surface area (TPSA) is 55.1 Å². The van der Waals surface area contributed by atoms with E-state index in [0.717, 1.165) is 32.2 Å². The molecule has 2 saturated carbocycles. The quantitative estimate of drug-likeness (QED) is 0.771. The predicted molar refractivity (Wildman–Crippen MR) is 69.5 cm³/mol. The first-order valence-electron chi connectivity index (χ1n) is 7.15. The summed E-state index contributed by atoms with van der Waals surface area (Å²) in [5, 5.41) is 3.18. The lowest BCUT2D eigenvalue weighted by Crippen LogP contribution is -2.48. The van der Waals surface area contributed by atoms with Gasteiger partial charge in [0.2, 0.25) is 5.91 Å². The van der Waals surface area contributed by atoms with E-state index in [4.69, 9.17) is 5.73 Å². The maximum atomic E-state index is 12.4. The highest BCUT2D eigenvalue weighted by molar-refractivity contribution is 5.83. The van der Waals surface area contributed by atoms with Crippen LogP contribution in [0.2, 0.25) is 0 Å². The number of hydrogen-bond donors (Lipinski definition) is 2. The molecule has 0 radical (unpaired) electrons. The monoisotopic (exact) mass is 238 g/mol. The molecule has 0 aromatic carbocycles. The van der Waals surface area contributed by atoms with E-state index in [-0.39, 0.29) is 11.3 Å². The molecule has 2 aliphatic carbocycles. The summed E-state index contributed by atoms with van der Waals surface area (Å²) >= 11 is 0. The second kappa shape index (κ2) is 4.97. The van der Waals surface area contributed by atoms with Crippen LogP contribution in [0.15, 0.2) is 0 Å². The summed E-state index contributed by atoms with van der Waals surface area (Å²) in [6.45, 7) is 3.60. The molecule has 98 valence electrons. The van der Waals surface area contributed by atoms with Crippen molar-refractivity contribution in [3.63, 3.8) is 0 Å². The lowest BCUT2D eigenvalue weighted by molar-refractivity contribution is -0.132. The summed E-state index contributed by atoms with van der Waals surface area (Å²) in [4.78, 5) is 12.4. The van der Waals surface area contributed by atoms with Crippen molar-refractivity contribution in [3.8, 4) is 0 Å². The van der Waals surface area contributed by atoms with Gasteiger partial charge in [0, 0.05) is 13.1 Å². The van der Waals surface area contributed by atoms with Gasteiger partial charge >= 0.3 is 0 Å². The Labute approximate surface area is 105 Å². The van der Waals surface area contributed by atoms with Gasteiger partial charge in [-0.05, 0) is 37.5 Å². The van der Waals surface area contributed by atoms with Crippen LogP contribution in [0, 0.1) is 10.8 Å². The summed E-state index contributed by atoms with van der Waals surface area (Å²) < 4.78 is 0. The van der Waals surface area contributed by atoms with Crippen LogP contribution in [0.1, 0.15) is 58.3 Å². The van der Waals surface area contributed by atoms with Crippen molar-refractivity contribution in [1.82, 2.24) is 5.32 Å². The summed E-state index contributed by atoms with van der Waals surface area (Å²) in [5.41, 5.74) is 6.05. The van der Waals surface area contributed by atoms with E-state index in [1.807, 2.05) is 0 Å². The Bertz CT molecular complexity index is 278. The van der Waals surface area contributed by atoms with Crippen LogP contribution in [0.4, 0.5) is 0 Å². The first-order chi connectivity index (χ1) is 8.16. The molecule has 0 atom stereocenters. The van der Waals surface area contributed by atoms with Crippen LogP contribution < -0.4 is 11.1 Å². The average Bonchev–Trinajstić information content (AvgIpc) is 3.17. The fraction of sp³-hybridized carbons (Fsp3) is 0.929. The van der Waals surface area contributed by atoms with Gasteiger partial charge in [-0.25, -0.2) is 0 Å². The van der Waals surface area contributed by atoms with E-state index in [1.54, 1.807) is 0 Å². The highest BCUT2D eigenvalue weighted by atomic mass is 16.2. The molecule has 3 N–H and O–H groups in total. The van der Waals surface area contributed by atoms with Gasteiger partial charge in [0.05, 0.1) is 5.41 Å². The minimum atomic E-state index is -0.248. The Balaban J connectivity index is 1.88. The normalized spacial score (nSPS) is 25.3. The number of nitrogens with two attached hydrogens (primary N) is 1. The standard InChI is InChI=1S/C14H26N2O/c1-2-13(8-9-13)11-16-12(17)14(10-15)6-4-3-5-7-14/h2-11,15H2,1H3,(H,16,17). The number of rotatable bonds is 5. The maximum Gasteiger partial charge on any atom is 0.227 e. The smallest absolute Gasteiger partial charge is 0.227 e. The maximum absolute atomic E-state index is 12.4. The van der Waals surface area contributed by atoms with Crippen molar-refractivity contribution in [3.05, 3.63) is 0 Å². The fourth-order valence-corrected chi connectivity index (χ4v) is 3.04. The zero-order chi connectivity index (χ0) is 12.4. The van der Waals surface area contributed by atoms with E-state index >= 15 is 0 Å². The molecule has 2 aliphatic rings. The molecule has 2 rings (SSSR count). The second-order valence-corrected chi connectivity index (χ2v) is 6.08. The molecule has 3 heteroatoms. The van der Waals surface area contributed by atoms with Crippen LogP contribution in [0.5, 0.6) is 0 Å². The third-order valence-corrected chi connectivity index (χ3v) is 5.01. The van der Waals surface area contributed by atoms with Crippen LogP contribution in [-0.2, 0) is 4.79 Å². The SMILES string of the molecule is CCC1(CNC(=O)C2(CN)CCCCC2)CC1. The summed E-state index contributed by atoms with van der Waals surface area (Å²) in [6, 6.07) is 0. The molecule has 2 fully saturated rings. The first-order valence-corrected chi connectivity index (χ1v) is 7.15. The molecule has 0 unspecified atom stereocenters. The molecular formula is C14H26N2O. The summed E-state index contributed by atoms with van der Waals surface area (Å²) in [5.74, 6) is 0.222. The Morgan fingerprint density at radius 2 is 1.82 bits per heavy atom. The average molecular weight is 238 g/mol. The van der Waals surface area contributed by atoms with Gasteiger partial charge in [0.25, 0.3) is 0 Å². The highest BCUT2D eigenvalue weighted by Crippen LogP contribution is 2.48. The number of carbonyl (C=O) groups excluding carboxylic acids is 1. The van der Waals surface area contributed by atoms with Gasteiger partial charge in [-0.3, -0.25) is 4.79 Å². The van der Waals surface area contributed by atoms with Crippen molar-refractivity contribution in [2.75, 3.05) is 13.1 Å². The van der Waals surface area contributed by atoms with E-state index in [2.05, 4.69) is 12.2 Å². The molecule has 0 saturated heterocycles. The van der Waals surface area contributed by atoms with Crippen molar-refractivity contribution >= 4 is 5.91 Å². The lowest BCUT2D eigenvalue weighted by atomic mass is 9.73. The van der Waals surface area contributed by atoms with Crippen LogP contribution in [0.3, 0.4) is 0 Å². The molecule has 0 aromatic heterocycles. The van der Waals surface area contributed by atoms with Gasteiger partial charge in [0.15, 0.2) is 0 Å². The van der Waals surface area contributed by atoms with Crippen molar-refractivity contribution < 1.29 is 4.79 Å². The summed E-state index contributed by atoms with van der Waals surface area (Å²) in [7, 11) is 0. The van der Waals surface area contributed by atoms with Crippen molar-refractivity contribution in [2.45, 2.75) is 58.3 Å². The van der Waals surface area contributed by atoms with E-state index < -0.39 is 0 Å². The molecule has 0 spiro atoms. The Morgan fingerprint density at radius 3 is 2.29 bits per heavy atom. The Kier molecular flexibility index (Phi) is 3.76. The molecule has 3 nitrogen and oxygen atoms in total. The third-order valence-electron chi connectivity index (χ3n) is 5.01. The van der Waals surface area contributed by atoms with Crippen LogP contribution in [0.25, 0.3) is 0 Å². The van der Waals surface area contributed by atoms with Crippen LogP contribution >= 0.6 is 0 Å². The zero-order valence-corrected chi connectivity index (χ0v) is 11.1. The second-order valence-electron chi connectivity index (χ2n) is 6.08. The molecular weight excluding hydrogens is 212 g/mol. The van der Waals surface area contributed by atoms with Gasteiger partial charge < -0.3 is 11.1 Å². The Morgan fingerprint density at radius 1 is 1.18 bits per heavy atom. The highest BCUT2D eigenvalue weighted by Gasteiger charge is 2.43. The molecule has 0 bridgehead atoms. The minimum absolute atomic E-state index is 0.222. The fourth-order valence-electron chi connectivity index (χ4n) is 3.04. The molecule has 0 aromatic rings. The first kappa shape index (κ1) is 12.9. The number of nitrogens with one attached hydrogen (secondary N) is 1. The van der Waals surface area contributed by atoms with Crippen molar-refractivity contribution in [2.24, 2.45) is 16.6 Å². The minimum Gasteiger partial charge on any atom is -0.355 e. The number of carbonyl (C=O) groups is 1. The number of amides is 1. The van der Waals surface area contributed by atoms with Crippen molar-refractivity contribution in [1.29, 1.82) is 0 Å². The van der Waals surface area contributed by atoms with E-state index in [9.17, 15) is 4.79 Å². The van der Waals surface area contributed by atoms with E-state index in [0.29, 0.717) is 12.0 Å². The molecule has 17 heavy (non-hydrogen) atoms. The largest absolute Gasteiger partial charge is 0.355 e. The third kappa shape index (κ3) is 2.65. The van der Waals surface area contributed by atoms with E-state index in [1.165, 1.54) is 25.7 Å². The van der Waals surface area contributed by atoms with Gasteiger partial charge in [-0.1, -0.05) is 26.2 Å². The Hall–Kier alpha value is -0.570. The van der Waals surface area contributed by atoms with Gasteiger partial charge in [-0.2, -0.15) is 0 Å².